The molecular formula is C22H30N4O2S2. The van der Waals surface area contributed by atoms with E-state index in [1.54, 1.807) is 18.2 Å². The molecule has 1 saturated heterocycles. The summed E-state index contributed by atoms with van der Waals surface area (Å²) in [6, 6.07) is 15.8. The fourth-order valence-corrected chi connectivity index (χ4v) is 4.26. The summed E-state index contributed by atoms with van der Waals surface area (Å²) in [6.45, 7) is 5.18. The summed E-state index contributed by atoms with van der Waals surface area (Å²) in [5.74, 6) is 0.749. The zero-order valence-electron chi connectivity index (χ0n) is 17.8. The minimum absolute atomic E-state index is 0.489. The van der Waals surface area contributed by atoms with Gasteiger partial charge in [0.2, 0.25) is 10.0 Å². The standard InChI is InChI=1S/C22H30N4O2S2/c1-17-6-5-13-26(16-17)20-11-9-18(10-12-20)15-23-22(29)24-19-7-4-8-21(14-19)25(2)30(3,27)28/h4,7-12,14,17H,5-6,13,15-16H2,1-3H3,(H2,23,24,29). The summed E-state index contributed by atoms with van der Waals surface area (Å²) in [5.41, 5.74) is 3.74. The molecule has 0 bridgehead atoms. The highest BCUT2D eigenvalue weighted by molar-refractivity contribution is 7.92. The number of nitrogens with zero attached hydrogens (tertiary/aromatic N) is 2. The lowest BCUT2D eigenvalue weighted by Crippen LogP contribution is -2.34. The van der Waals surface area contributed by atoms with Gasteiger partial charge in [-0.2, -0.15) is 0 Å². The molecule has 0 radical (unpaired) electrons. The van der Waals surface area contributed by atoms with Crippen LogP contribution < -0.4 is 19.8 Å². The van der Waals surface area contributed by atoms with E-state index in [9.17, 15) is 8.42 Å². The van der Waals surface area contributed by atoms with Crippen molar-refractivity contribution in [2.75, 3.05) is 40.9 Å². The fourth-order valence-electron chi connectivity index (χ4n) is 3.58. The van der Waals surface area contributed by atoms with Gasteiger partial charge in [0.25, 0.3) is 0 Å². The molecule has 0 aliphatic carbocycles. The molecule has 8 heteroatoms. The van der Waals surface area contributed by atoms with Crippen molar-refractivity contribution in [1.29, 1.82) is 0 Å². The Bertz CT molecular complexity index is 977. The summed E-state index contributed by atoms with van der Waals surface area (Å²) >= 11 is 5.40. The number of hydrogen-bond acceptors (Lipinski definition) is 4. The quantitative estimate of drug-likeness (QED) is 0.658. The maximum Gasteiger partial charge on any atom is 0.231 e. The van der Waals surface area contributed by atoms with Crippen LogP contribution in [0.3, 0.4) is 0 Å². The average Bonchev–Trinajstić information content (AvgIpc) is 2.71. The molecule has 1 heterocycles. The maximum absolute atomic E-state index is 11.7. The van der Waals surface area contributed by atoms with Gasteiger partial charge in [0.1, 0.15) is 0 Å². The second-order valence-corrected chi connectivity index (χ2v) is 10.4. The number of sulfonamides is 1. The predicted molar refractivity (Wildman–Crippen MR) is 130 cm³/mol. The molecule has 1 atom stereocenters. The van der Waals surface area contributed by atoms with Crippen molar-refractivity contribution in [3.05, 3.63) is 54.1 Å². The number of anilines is 3. The summed E-state index contributed by atoms with van der Waals surface area (Å²) < 4.78 is 24.7. The van der Waals surface area contributed by atoms with Crippen molar-refractivity contribution >= 4 is 44.4 Å². The molecule has 1 aliphatic rings. The Kier molecular flexibility index (Phi) is 7.20. The van der Waals surface area contributed by atoms with E-state index >= 15 is 0 Å². The van der Waals surface area contributed by atoms with E-state index < -0.39 is 10.0 Å². The van der Waals surface area contributed by atoms with Crippen molar-refractivity contribution in [3.63, 3.8) is 0 Å². The third-order valence-electron chi connectivity index (χ3n) is 5.38. The SMILES string of the molecule is CC1CCCN(c2ccc(CNC(=S)Nc3cccc(N(C)S(C)(=O)=O)c3)cc2)C1. The number of thiocarbonyl (C=S) groups is 1. The van der Waals surface area contributed by atoms with Gasteiger partial charge in [-0.05, 0) is 66.9 Å². The minimum Gasteiger partial charge on any atom is -0.371 e. The first-order valence-electron chi connectivity index (χ1n) is 10.1. The maximum atomic E-state index is 11.7. The van der Waals surface area contributed by atoms with Crippen LogP contribution in [-0.4, -0.2) is 39.9 Å². The van der Waals surface area contributed by atoms with Gasteiger partial charge in [0.05, 0.1) is 11.9 Å². The van der Waals surface area contributed by atoms with Gasteiger partial charge in [-0.3, -0.25) is 4.31 Å². The van der Waals surface area contributed by atoms with Crippen LogP contribution in [0.5, 0.6) is 0 Å². The monoisotopic (exact) mass is 446 g/mol. The Labute approximate surface area is 185 Å². The molecule has 30 heavy (non-hydrogen) atoms. The van der Waals surface area contributed by atoms with E-state index in [0.717, 1.165) is 30.3 Å². The predicted octanol–water partition coefficient (Wildman–Crippen LogP) is 3.81. The van der Waals surface area contributed by atoms with Crippen LogP contribution >= 0.6 is 12.2 Å². The molecule has 0 saturated carbocycles. The van der Waals surface area contributed by atoms with Crippen LogP contribution in [0.4, 0.5) is 17.1 Å². The van der Waals surface area contributed by atoms with E-state index in [-0.39, 0.29) is 0 Å². The van der Waals surface area contributed by atoms with Crippen LogP contribution in [0.1, 0.15) is 25.3 Å². The van der Waals surface area contributed by atoms with Crippen LogP contribution in [0, 0.1) is 5.92 Å². The van der Waals surface area contributed by atoms with Crippen molar-refractivity contribution in [2.45, 2.75) is 26.3 Å². The molecule has 6 nitrogen and oxygen atoms in total. The van der Waals surface area contributed by atoms with E-state index in [2.05, 4.69) is 46.7 Å². The summed E-state index contributed by atoms with van der Waals surface area (Å²) in [4.78, 5) is 2.46. The molecule has 162 valence electrons. The molecule has 2 aromatic rings. The molecule has 0 spiro atoms. The van der Waals surface area contributed by atoms with Gasteiger partial charge in [-0.1, -0.05) is 25.1 Å². The Hall–Kier alpha value is -2.32. The van der Waals surface area contributed by atoms with Crippen molar-refractivity contribution in [3.8, 4) is 0 Å². The van der Waals surface area contributed by atoms with Gasteiger partial charge in [0, 0.05) is 38.1 Å². The largest absolute Gasteiger partial charge is 0.371 e. The van der Waals surface area contributed by atoms with Gasteiger partial charge >= 0.3 is 0 Å². The Morgan fingerprint density at radius 1 is 1.23 bits per heavy atom. The first kappa shape index (κ1) is 22.4. The number of piperidine rings is 1. The second kappa shape index (κ2) is 9.66. The second-order valence-electron chi connectivity index (χ2n) is 7.95. The fraction of sp³-hybridized carbons (Fsp3) is 0.409. The van der Waals surface area contributed by atoms with E-state index in [0.29, 0.717) is 17.3 Å². The molecule has 1 aliphatic heterocycles. The van der Waals surface area contributed by atoms with Crippen LogP contribution in [-0.2, 0) is 16.6 Å². The lowest BCUT2D eigenvalue weighted by molar-refractivity contribution is 0.447. The lowest BCUT2D eigenvalue weighted by Gasteiger charge is -2.32. The molecule has 3 rings (SSSR count). The summed E-state index contributed by atoms with van der Waals surface area (Å²) in [6.07, 6.45) is 3.75. The molecule has 0 amide bonds. The molecular weight excluding hydrogens is 416 g/mol. The Morgan fingerprint density at radius 2 is 1.97 bits per heavy atom. The topological polar surface area (TPSA) is 64.7 Å². The van der Waals surface area contributed by atoms with Gasteiger partial charge in [-0.15, -0.1) is 0 Å². The zero-order chi connectivity index (χ0) is 21.7. The van der Waals surface area contributed by atoms with Crippen LogP contribution in [0.25, 0.3) is 0 Å². The molecule has 1 fully saturated rings. The highest BCUT2D eigenvalue weighted by Crippen LogP contribution is 2.23. The van der Waals surface area contributed by atoms with Gasteiger partial charge in [0.15, 0.2) is 5.11 Å². The zero-order valence-corrected chi connectivity index (χ0v) is 19.4. The molecule has 2 aromatic carbocycles. The lowest BCUT2D eigenvalue weighted by atomic mass is 9.99. The Balaban J connectivity index is 1.53. The smallest absolute Gasteiger partial charge is 0.231 e. The van der Waals surface area contributed by atoms with Crippen LogP contribution in [0.2, 0.25) is 0 Å². The van der Waals surface area contributed by atoms with Crippen molar-refractivity contribution in [2.24, 2.45) is 5.92 Å². The number of nitrogens with one attached hydrogen (secondary N) is 2. The highest BCUT2D eigenvalue weighted by Gasteiger charge is 2.16. The first-order valence-corrected chi connectivity index (χ1v) is 12.4. The minimum atomic E-state index is -3.31. The van der Waals surface area contributed by atoms with Gasteiger partial charge in [-0.25, -0.2) is 8.42 Å². The number of rotatable bonds is 6. The van der Waals surface area contributed by atoms with Crippen molar-refractivity contribution < 1.29 is 8.42 Å². The first-order chi connectivity index (χ1) is 14.2. The third kappa shape index (κ3) is 6.09. The van der Waals surface area contributed by atoms with Crippen LogP contribution in [0.15, 0.2) is 48.5 Å². The summed E-state index contributed by atoms with van der Waals surface area (Å²) in [7, 11) is -1.78. The average molecular weight is 447 g/mol. The normalized spacial score (nSPS) is 16.8. The number of benzene rings is 2. The molecule has 1 unspecified atom stereocenters. The van der Waals surface area contributed by atoms with Crippen molar-refractivity contribution in [1.82, 2.24) is 5.32 Å². The van der Waals surface area contributed by atoms with E-state index in [1.165, 1.54) is 36.1 Å². The molecule has 0 aromatic heterocycles. The number of hydrogen-bond donors (Lipinski definition) is 2. The Morgan fingerprint density at radius 3 is 2.63 bits per heavy atom. The summed E-state index contributed by atoms with van der Waals surface area (Å²) in [5, 5.41) is 6.81. The van der Waals surface area contributed by atoms with E-state index in [1.807, 2.05) is 6.07 Å². The van der Waals surface area contributed by atoms with Gasteiger partial charge < -0.3 is 15.5 Å². The van der Waals surface area contributed by atoms with E-state index in [4.69, 9.17) is 12.2 Å². The highest BCUT2D eigenvalue weighted by atomic mass is 32.2. The third-order valence-corrected chi connectivity index (χ3v) is 6.83. The molecule has 2 N–H and O–H groups in total.